The van der Waals surface area contributed by atoms with Gasteiger partial charge < -0.3 is 0 Å². The lowest BCUT2D eigenvalue weighted by Gasteiger charge is -2.04. The molecule has 2 heteroatoms. The minimum atomic E-state index is 1.27. The Labute approximate surface area is 125 Å². The molecule has 0 spiro atoms. The van der Waals surface area contributed by atoms with Crippen LogP contribution in [-0.2, 0) is 0 Å². The third kappa shape index (κ3) is 2.70. The fraction of sp³-hybridized carbons (Fsp3) is 0. The molecule has 3 aromatic carbocycles. The summed E-state index contributed by atoms with van der Waals surface area (Å²) >= 11 is 4.14. The van der Waals surface area contributed by atoms with E-state index in [2.05, 4.69) is 89.3 Å². The van der Waals surface area contributed by atoms with E-state index in [1.807, 2.05) is 11.8 Å². The average molecular weight is 362 g/mol. The van der Waals surface area contributed by atoms with Gasteiger partial charge in [0, 0.05) is 13.4 Å². The van der Waals surface area contributed by atoms with E-state index >= 15 is 0 Å². The van der Waals surface area contributed by atoms with Crippen molar-refractivity contribution in [3.05, 3.63) is 70.3 Å². The van der Waals surface area contributed by atoms with Crippen LogP contribution in [0.1, 0.15) is 0 Å². The van der Waals surface area contributed by atoms with E-state index < -0.39 is 0 Å². The first kappa shape index (κ1) is 12.1. The molecule has 0 aliphatic rings. The molecule has 0 radical (unpaired) electrons. The van der Waals surface area contributed by atoms with Crippen molar-refractivity contribution in [2.75, 3.05) is 0 Å². The van der Waals surface area contributed by atoms with Gasteiger partial charge in [-0.05, 0) is 69.8 Å². The maximum absolute atomic E-state index is 2.33. The predicted molar refractivity (Wildman–Crippen MR) is 87.2 cm³/mol. The Hall–Kier alpha value is -1.00. The van der Waals surface area contributed by atoms with Gasteiger partial charge >= 0.3 is 0 Å². The van der Waals surface area contributed by atoms with Gasteiger partial charge in [0.15, 0.2) is 0 Å². The first-order valence-corrected chi connectivity index (χ1v) is 7.63. The van der Waals surface area contributed by atoms with Crippen LogP contribution in [0.3, 0.4) is 0 Å². The second-order valence-electron chi connectivity index (χ2n) is 4.06. The highest BCUT2D eigenvalue weighted by molar-refractivity contribution is 14.1. The number of benzene rings is 3. The topological polar surface area (TPSA) is 0 Å². The van der Waals surface area contributed by atoms with E-state index in [1.54, 1.807) is 0 Å². The number of halogens is 1. The van der Waals surface area contributed by atoms with Crippen molar-refractivity contribution >= 4 is 45.1 Å². The summed E-state index contributed by atoms with van der Waals surface area (Å²) in [5.74, 6) is 0. The van der Waals surface area contributed by atoms with E-state index in [-0.39, 0.29) is 0 Å². The molecule has 3 rings (SSSR count). The summed E-state index contributed by atoms with van der Waals surface area (Å²) in [5.41, 5.74) is 0. The van der Waals surface area contributed by atoms with E-state index in [4.69, 9.17) is 0 Å². The monoisotopic (exact) mass is 362 g/mol. The van der Waals surface area contributed by atoms with Gasteiger partial charge in [-0.3, -0.25) is 0 Å². The molecule has 0 N–H and O–H groups in total. The Morgan fingerprint density at radius 1 is 0.667 bits per heavy atom. The zero-order valence-electron chi connectivity index (χ0n) is 9.64. The van der Waals surface area contributed by atoms with E-state index in [9.17, 15) is 0 Å². The Balaban J connectivity index is 1.92. The smallest absolute Gasteiger partial charge is 0.0131 e. The van der Waals surface area contributed by atoms with Crippen LogP contribution >= 0.6 is 34.4 Å². The van der Waals surface area contributed by atoms with E-state index in [1.165, 1.54) is 24.1 Å². The van der Waals surface area contributed by atoms with Gasteiger partial charge in [-0.25, -0.2) is 0 Å². The van der Waals surface area contributed by atoms with Crippen molar-refractivity contribution in [2.45, 2.75) is 9.79 Å². The highest BCUT2D eigenvalue weighted by atomic mass is 127. The molecule has 0 amide bonds. The summed E-state index contributed by atoms with van der Waals surface area (Å²) in [4.78, 5) is 2.57. The number of rotatable bonds is 2. The van der Waals surface area contributed by atoms with Gasteiger partial charge in [0.2, 0.25) is 0 Å². The lowest BCUT2D eigenvalue weighted by atomic mass is 10.1. The molecule has 88 valence electrons. The normalized spacial score (nSPS) is 10.7. The third-order valence-electron chi connectivity index (χ3n) is 2.77. The second-order valence-corrected chi connectivity index (χ2v) is 6.46. The van der Waals surface area contributed by atoms with Gasteiger partial charge in [0.05, 0.1) is 0 Å². The summed E-state index contributed by atoms with van der Waals surface area (Å²) in [6.07, 6.45) is 0. The Kier molecular flexibility index (Phi) is 3.57. The van der Waals surface area contributed by atoms with E-state index in [0.717, 1.165) is 0 Å². The lowest BCUT2D eigenvalue weighted by molar-refractivity contribution is 1.41. The molecule has 0 aliphatic carbocycles. The molecule has 0 saturated carbocycles. The Morgan fingerprint density at radius 3 is 2.11 bits per heavy atom. The van der Waals surface area contributed by atoms with Crippen molar-refractivity contribution in [1.82, 2.24) is 0 Å². The lowest BCUT2D eigenvalue weighted by Crippen LogP contribution is -1.76. The van der Waals surface area contributed by atoms with Crippen LogP contribution in [0, 0.1) is 3.57 Å². The standard InChI is InChI=1S/C16H11IS/c17-14-6-9-15(10-7-14)18-16-8-5-12-3-1-2-4-13(12)11-16/h1-11H. The average Bonchev–Trinajstić information content (AvgIpc) is 2.41. The van der Waals surface area contributed by atoms with Crippen LogP contribution in [0.5, 0.6) is 0 Å². The molecule has 0 aromatic heterocycles. The zero-order valence-corrected chi connectivity index (χ0v) is 12.6. The molecule has 0 nitrogen and oxygen atoms in total. The number of fused-ring (bicyclic) bond motifs is 1. The van der Waals surface area contributed by atoms with Crippen molar-refractivity contribution < 1.29 is 0 Å². The van der Waals surface area contributed by atoms with Crippen LogP contribution in [0.15, 0.2) is 76.5 Å². The molecule has 0 aliphatic heterocycles. The summed E-state index contributed by atoms with van der Waals surface area (Å²) in [7, 11) is 0. The van der Waals surface area contributed by atoms with Gasteiger partial charge in [-0.15, -0.1) is 0 Å². The first-order chi connectivity index (χ1) is 8.81. The maximum atomic E-state index is 2.33. The van der Waals surface area contributed by atoms with Crippen LogP contribution < -0.4 is 0 Å². The fourth-order valence-corrected chi connectivity index (χ4v) is 3.10. The molecule has 0 heterocycles. The van der Waals surface area contributed by atoms with Crippen LogP contribution in [0.2, 0.25) is 0 Å². The highest BCUT2D eigenvalue weighted by Crippen LogP contribution is 2.30. The van der Waals surface area contributed by atoms with Crippen molar-refractivity contribution in [1.29, 1.82) is 0 Å². The summed E-state index contributed by atoms with van der Waals surface area (Å²) in [6, 6.07) is 23.7. The molecular weight excluding hydrogens is 351 g/mol. The van der Waals surface area contributed by atoms with Crippen molar-refractivity contribution in [3.63, 3.8) is 0 Å². The number of hydrogen-bond donors (Lipinski definition) is 0. The highest BCUT2D eigenvalue weighted by Gasteiger charge is 1.99. The second kappa shape index (κ2) is 5.33. The molecular formula is C16H11IS. The third-order valence-corrected chi connectivity index (χ3v) is 4.49. The Bertz CT molecular complexity index is 674. The minimum absolute atomic E-state index is 1.27. The summed E-state index contributed by atoms with van der Waals surface area (Å²) in [5, 5.41) is 2.59. The Morgan fingerprint density at radius 2 is 1.33 bits per heavy atom. The van der Waals surface area contributed by atoms with Gasteiger partial charge in [0.1, 0.15) is 0 Å². The molecule has 3 aromatic rings. The van der Waals surface area contributed by atoms with Crippen LogP contribution in [0.25, 0.3) is 10.8 Å². The number of hydrogen-bond acceptors (Lipinski definition) is 1. The van der Waals surface area contributed by atoms with Crippen LogP contribution in [0.4, 0.5) is 0 Å². The molecule has 0 bridgehead atoms. The first-order valence-electron chi connectivity index (χ1n) is 5.73. The minimum Gasteiger partial charge on any atom is -0.0901 e. The van der Waals surface area contributed by atoms with E-state index in [0.29, 0.717) is 0 Å². The summed E-state index contributed by atoms with van der Waals surface area (Å²) in [6.45, 7) is 0. The zero-order chi connectivity index (χ0) is 12.4. The molecule has 0 saturated heterocycles. The van der Waals surface area contributed by atoms with Gasteiger partial charge in [0.25, 0.3) is 0 Å². The maximum Gasteiger partial charge on any atom is 0.0131 e. The molecule has 0 atom stereocenters. The summed E-state index contributed by atoms with van der Waals surface area (Å²) < 4.78 is 1.27. The largest absolute Gasteiger partial charge is 0.0901 e. The quantitative estimate of drug-likeness (QED) is 0.535. The molecule has 18 heavy (non-hydrogen) atoms. The van der Waals surface area contributed by atoms with Gasteiger partial charge in [-0.2, -0.15) is 0 Å². The van der Waals surface area contributed by atoms with Crippen LogP contribution in [-0.4, -0.2) is 0 Å². The van der Waals surface area contributed by atoms with Gasteiger partial charge in [-0.1, -0.05) is 42.1 Å². The van der Waals surface area contributed by atoms with Crippen molar-refractivity contribution in [2.24, 2.45) is 0 Å². The molecule has 0 fully saturated rings. The molecule has 0 unspecified atom stereocenters. The predicted octanol–water partition coefficient (Wildman–Crippen LogP) is 5.60. The SMILES string of the molecule is Ic1ccc(Sc2ccc3ccccc3c2)cc1. The van der Waals surface area contributed by atoms with Crippen molar-refractivity contribution in [3.8, 4) is 0 Å². The fourth-order valence-electron chi connectivity index (χ4n) is 1.87.